The molecule has 1 fully saturated rings. The first kappa shape index (κ1) is 15.6. The number of thioether (sulfide) groups is 1. The number of nitrogens with zero attached hydrogens (tertiary/aromatic N) is 2. The van der Waals surface area contributed by atoms with Gasteiger partial charge in [0.05, 0.1) is 4.75 Å². The van der Waals surface area contributed by atoms with Gasteiger partial charge in [0.1, 0.15) is 0 Å². The SMILES string of the molecule is CCCCCCN1CCC(SC)(C(N)=NO)CC1. The van der Waals surface area contributed by atoms with Crippen molar-refractivity contribution in [3.05, 3.63) is 0 Å². The van der Waals surface area contributed by atoms with E-state index in [9.17, 15) is 0 Å². The fourth-order valence-electron chi connectivity index (χ4n) is 2.56. The molecule has 0 bridgehead atoms. The van der Waals surface area contributed by atoms with Crippen LogP contribution in [0.4, 0.5) is 0 Å². The maximum atomic E-state index is 8.89. The highest BCUT2D eigenvalue weighted by Gasteiger charge is 2.37. The van der Waals surface area contributed by atoms with Crippen LogP contribution in [0.2, 0.25) is 0 Å². The smallest absolute Gasteiger partial charge is 0.155 e. The van der Waals surface area contributed by atoms with Crippen LogP contribution in [0, 0.1) is 0 Å². The second-order valence-electron chi connectivity index (χ2n) is 5.09. The Morgan fingerprint density at radius 1 is 1.33 bits per heavy atom. The minimum Gasteiger partial charge on any atom is -0.409 e. The quantitative estimate of drug-likeness (QED) is 0.246. The van der Waals surface area contributed by atoms with Gasteiger partial charge in [-0.15, -0.1) is 0 Å². The highest BCUT2D eigenvalue weighted by atomic mass is 32.2. The molecule has 0 spiro atoms. The van der Waals surface area contributed by atoms with Gasteiger partial charge in [0.15, 0.2) is 5.84 Å². The van der Waals surface area contributed by atoms with Crippen molar-refractivity contribution in [1.29, 1.82) is 0 Å². The lowest BCUT2D eigenvalue weighted by atomic mass is 9.94. The third kappa shape index (κ3) is 4.05. The largest absolute Gasteiger partial charge is 0.409 e. The first-order valence-corrected chi connectivity index (χ1v) is 8.16. The molecule has 1 aliphatic rings. The number of oxime groups is 1. The molecule has 0 radical (unpaired) electrons. The lowest BCUT2D eigenvalue weighted by Crippen LogP contribution is -2.50. The van der Waals surface area contributed by atoms with Crippen LogP contribution in [-0.2, 0) is 0 Å². The van der Waals surface area contributed by atoms with E-state index in [1.807, 2.05) is 0 Å². The second kappa shape index (κ2) is 7.89. The molecule has 0 atom stereocenters. The lowest BCUT2D eigenvalue weighted by molar-refractivity contribution is 0.213. The maximum Gasteiger partial charge on any atom is 0.155 e. The van der Waals surface area contributed by atoms with Gasteiger partial charge < -0.3 is 15.8 Å². The number of hydrogen-bond acceptors (Lipinski definition) is 4. The van der Waals surface area contributed by atoms with Crippen molar-refractivity contribution in [1.82, 2.24) is 4.90 Å². The average Bonchev–Trinajstić information content (AvgIpc) is 2.43. The Bertz CT molecular complexity index is 263. The normalized spacial score (nSPS) is 21.1. The fraction of sp³-hybridized carbons (Fsp3) is 0.923. The van der Waals surface area contributed by atoms with E-state index in [4.69, 9.17) is 10.9 Å². The van der Waals surface area contributed by atoms with Crippen LogP contribution in [0.5, 0.6) is 0 Å². The minimum absolute atomic E-state index is 0.144. The second-order valence-corrected chi connectivity index (χ2v) is 6.28. The zero-order valence-corrected chi connectivity index (χ0v) is 12.5. The number of amidine groups is 1. The molecule has 1 heterocycles. The molecule has 1 saturated heterocycles. The van der Waals surface area contributed by atoms with Crippen molar-refractivity contribution in [2.75, 3.05) is 25.9 Å². The Morgan fingerprint density at radius 3 is 2.50 bits per heavy atom. The summed E-state index contributed by atoms with van der Waals surface area (Å²) in [6.07, 6.45) is 9.28. The summed E-state index contributed by atoms with van der Waals surface area (Å²) in [5.74, 6) is 0.389. The molecular formula is C13H27N3OS. The molecule has 0 saturated carbocycles. The molecule has 18 heavy (non-hydrogen) atoms. The van der Waals surface area contributed by atoms with E-state index in [0.29, 0.717) is 5.84 Å². The summed E-state index contributed by atoms with van der Waals surface area (Å²) in [5.41, 5.74) is 5.84. The van der Waals surface area contributed by atoms with E-state index >= 15 is 0 Å². The Kier molecular flexibility index (Phi) is 6.86. The first-order chi connectivity index (χ1) is 8.68. The van der Waals surface area contributed by atoms with Crippen LogP contribution in [0.25, 0.3) is 0 Å². The zero-order valence-electron chi connectivity index (χ0n) is 11.7. The maximum absolute atomic E-state index is 8.89. The van der Waals surface area contributed by atoms with E-state index in [2.05, 4.69) is 23.2 Å². The predicted octanol–water partition coefficient (Wildman–Crippen LogP) is 2.51. The summed E-state index contributed by atoms with van der Waals surface area (Å²) in [7, 11) is 0. The van der Waals surface area contributed by atoms with Gasteiger partial charge >= 0.3 is 0 Å². The van der Waals surface area contributed by atoms with Gasteiger partial charge in [-0.05, 0) is 45.2 Å². The van der Waals surface area contributed by atoms with Crippen molar-refractivity contribution in [3.8, 4) is 0 Å². The average molecular weight is 273 g/mol. The van der Waals surface area contributed by atoms with Crippen molar-refractivity contribution < 1.29 is 5.21 Å². The molecule has 1 rings (SSSR count). The molecule has 106 valence electrons. The molecule has 0 unspecified atom stereocenters. The van der Waals surface area contributed by atoms with Gasteiger partial charge in [0.25, 0.3) is 0 Å². The van der Waals surface area contributed by atoms with Gasteiger partial charge in [0, 0.05) is 0 Å². The van der Waals surface area contributed by atoms with E-state index in [1.54, 1.807) is 11.8 Å². The summed E-state index contributed by atoms with van der Waals surface area (Å²) in [6, 6.07) is 0. The molecule has 0 aromatic heterocycles. The molecule has 4 nitrogen and oxygen atoms in total. The third-order valence-corrected chi connectivity index (χ3v) is 5.36. The summed E-state index contributed by atoms with van der Waals surface area (Å²) in [5, 5.41) is 12.1. The molecule has 5 heteroatoms. The highest BCUT2D eigenvalue weighted by Crippen LogP contribution is 2.34. The molecule has 0 amide bonds. The Labute approximate surface area is 115 Å². The number of hydrogen-bond donors (Lipinski definition) is 2. The van der Waals surface area contributed by atoms with E-state index in [0.717, 1.165) is 25.9 Å². The summed E-state index contributed by atoms with van der Waals surface area (Å²) >= 11 is 1.72. The lowest BCUT2D eigenvalue weighted by Gasteiger charge is -2.39. The number of unbranched alkanes of at least 4 members (excludes halogenated alkanes) is 3. The highest BCUT2D eigenvalue weighted by molar-refractivity contribution is 8.00. The number of piperidine rings is 1. The van der Waals surface area contributed by atoms with Gasteiger partial charge in [-0.3, -0.25) is 0 Å². The Balaban J connectivity index is 2.35. The van der Waals surface area contributed by atoms with Crippen molar-refractivity contribution in [2.45, 2.75) is 50.2 Å². The van der Waals surface area contributed by atoms with Gasteiger partial charge in [-0.1, -0.05) is 31.3 Å². The van der Waals surface area contributed by atoms with Crippen LogP contribution in [-0.4, -0.2) is 46.6 Å². The zero-order chi connectivity index (χ0) is 13.4. The van der Waals surface area contributed by atoms with Crippen molar-refractivity contribution in [2.24, 2.45) is 10.9 Å². The Morgan fingerprint density at radius 2 is 2.00 bits per heavy atom. The molecular weight excluding hydrogens is 246 g/mol. The summed E-state index contributed by atoms with van der Waals surface area (Å²) in [4.78, 5) is 2.51. The predicted molar refractivity (Wildman–Crippen MR) is 79.5 cm³/mol. The molecule has 1 aliphatic heterocycles. The summed E-state index contributed by atoms with van der Waals surface area (Å²) < 4.78 is -0.144. The van der Waals surface area contributed by atoms with Gasteiger partial charge in [0.2, 0.25) is 0 Å². The van der Waals surface area contributed by atoms with Crippen molar-refractivity contribution >= 4 is 17.6 Å². The Hall–Kier alpha value is -0.420. The third-order valence-electron chi connectivity index (χ3n) is 3.96. The van der Waals surface area contributed by atoms with Crippen LogP contribution in [0.1, 0.15) is 45.4 Å². The standard InChI is InChI=1S/C13H27N3OS/c1-3-4-5-6-9-16-10-7-13(18-2,8-11-16)12(14)15-17/h17H,3-11H2,1-2H3,(H2,14,15). The van der Waals surface area contributed by atoms with E-state index < -0.39 is 0 Å². The summed E-state index contributed by atoms with van der Waals surface area (Å²) in [6.45, 7) is 5.55. The molecule has 0 aromatic rings. The van der Waals surface area contributed by atoms with E-state index in [1.165, 1.54) is 32.2 Å². The van der Waals surface area contributed by atoms with Crippen LogP contribution in [0.3, 0.4) is 0 Å². The topological polar surface area (TPSA) is 61.8 Å². The molecule has 0 aliphatic carbocycles. The van der Waals surface area contributed by atoms with E-state index in [-0.39, 0.29) is 4.75 Å². The molecule has 0 aromatic carbocycles. The molecule has 3 N–H and O–H groups in total. The number of nitrogens with two attached hydrogens (primary N) is 1. The van der Waals surface area contributed by atoms with Gasteiger partial charge in [-0.2, -0.15) is 11.8 Å². The first-order valence-electron chi connectivity index (χ1n) is 6.94. The van der Waals surface area contributed by atoms with Crippen LogP contribution < -0.4 is 5.73 Å². The number of rotatable bonds is 7. The van der Waals surface area contributed by atoms with Gasteiger partial charge in [-0.25, -0.2) is 0 Å². The van der Waals surface area contributed by atoms with Crippen LogP contribution in [0.15, 0.2) is 5.16 Å². The monoisotopic (exact) mass is 273 g/mol. The fourth-order valence-corrected chi connectivity index (χ4v) is 3.40. The number of likely N-dealkylation sites (tertiary alicyclic amines) is 1. The van der Waals surface area contributed by atoms with Crippen molar-refractivity contribution in [3.63, 3.8) is 0 Å². The van der Waals surface area contributed by atoms with Crippen LogP contribution >= 0.6 is 11.8 Å². The minimum atomic E-state index is -0.144.